The molecule has 0 aromatic carbocycles. The van der Waals surface area contributed by atoms with Crippen molar-refractivity contribution < 1.29 is 19.4 Å². The van der Waals surface area contributed by atoms with Gasteiger partial charge >= 0.3 is 12.0 Å². The highest BCUT2D eigenvalue weighted by Crippen LogP contribution is 2.42. The van der Waals surface area contributed by atoms with Crippen LogP contribution in [0.2, 0.25) is 0 Å². The quantitative estimate of drug-likeness (QED) is 0.752. The van der Waals surface area contributed by atoms with E-state index in [1.807, 2.05) is 0 Å². The fourth-order valence-corrected chi connectivity index (χ4v) is 3.58. The number of hydrogen-bond donors (Lipinski definition) is 1. The first-order valence-electron chi connectivity index (χ1n) is 7.92. The molecule has 3 atom stereocenters. The molecule has 1 saturated carbocycles. The number of amides is 2. The fraction of sp³-hybridized carbons (Fsp3) is 0.867. The maximum atomic E-state index is 12.5. The minimum Gasteiger partial charge on any atom is -0.481 e. The number of hydrogen-bond acceptors (Lipinski definition) is 3. The van der Waals surface area contributed by atoms with Crippen LogP contribution in [0.4, 0.5) is 4.79 Å². The van der Waals surface area contributed by atoms with Gasteiger partial charge in [0.1, 0.15) is 0 Å². The van der Waals surface area contributed by atoms with E-state index in [0.717, 1.165) is 25.4 Å². The highest BCUT2D eigenvalue weighted by atomic mass is 16.5. The molecule has 3 unspecified atom stereocenters. The van der Waals surface area contributed by atoms with Crippen LogP contribution in [0.5, 0.6) is 0 Å². The van der Waals surface area contributed by atoms with E-state index in [0.29, 0.717) is 19.6 Å². The molecule has 1 N–H and O–H groups in total. The Morgan fingerprint density at radius 3 is 2.67 bits per heavy atom. The molecule has 1 aliphatic carbocycles. The molecule has 2 saturated heterocycles. The van der Waals surface area contributed by atoms with Crippen molar-refractivity contribution >= 4 is 12.0 Å². The summed E-state index contributed by atoms with van der Waals surface area (Å²) in [5, 5.41) is 9.23. The van der Waals surface area contributed by atoms with Gasteiger partial charge in [-0.25, -0.2) is 4.79 Å². The second kappa shape index (κ2) is 5.83. The zero-order chi connectivity index (χ0) is 15.0. The first-order chi connectivity index (χ1) is 10.1. The van der Waals surface area contributed by atoms with Crippen molar-refractivity contribution in [2.75, 3.05) is 26.8 Å². The molecule has 2 bridgehead atoms. The van der Waals surface area contributed by atoms with Crippen LogP contribution in [0.15, 0.2) is 0 Å². The number of fused-ring (bicyclic) bond motifs is 2. The van der Waals surface area contributed by atoms with Crippen LogP contribution >= 0.6 is 0 Å². The summed E-state index contributed by atoms with van der Waals surface area (Å²) in [7, 11) is 1.77. The summed E-state index contributed by atoms with van der Waals surface area (Å²) in [5.41, 5.74) is 0. The second-order valence-electron chi connectivity index (χ2n) is 6.61. The van der Waals surface area contributed by atoms with Crippen molar-refractivity contribution in [2.45, 2.75) is 44.2 Å². The molecule has 2 aliphatic heterocycles. The number of nitrogens with zero attached hydrogens (tertiary/aromatic N) is 2. The van der Waals surface area contributed by atoms with Crippen molar-refractivity contribution in [3.8, 4) is 0 Å². The minimum absolute atomic E-state index is 0.0405. The molecular weight excluding hydrogens is 272 g/mol. The molecule has 6 heteroatoms. The van der Waals surface area contributed by atoms with Gasteiger partial charge < -0.3 is 19.6 Å². The molecule has 2 amide bonds. The second-order valence-corrected chi connectivity index (χ2v) is 6.61. The molecule has 3 aliphatic rings. The summed E-state index contributed by atoms with van der Waals surface area (Å²) >= 11 is 0. The van der Waals surface area contributed by atoms with Gasteiger partial charge in [0.2, 0.25) is 0 Å². The molecule has 0 radical (unpaired) electrons. The molecular formula is C15H24N2O4. The van der Waals surface area contributed by atoms with Crippen molar-refractivity contribution in [2.24, 2.45) is 11.8 Å². The third-order valence-electron chi connectivity index (χ3n) is 5.02. The van der Waals surface area contributed by atoms with Gasteiger partial charge in [0.05, 0.1) is 12.5 Å². The molecule has 118 valence electrons. The van der Waals surface area contributed by atoms with Gasteiger partial charge in [0, 0.05) is 32.3 Å². The van der Waals surface area contributed by atoms with E-state index in [2.05, 4.69) is 0 Å². The number of aliphatic carboxylic acids is 1. The summed E-state index contributed by atoms with van der Waals surface area (Å²) in [6, 6.07) is -0.0467. The normalized spacial score (nSPS) is 30.7. The van der Waals surface area contributed by atoms with Crippen LogP contribution in [0.1, 0.15) is 32.1 Å². The van der Waals surface area contributed by atoms with Crippen LogP contribution in [0, 0.1) is 11.8 Å². The summed E-state index contributed by atoms with van der Waals surface area (Å²) in [4.78, 5) is 27.2. The van der Waals surface area contributed by atoms with E-state index in [1.54, 1.807) is 16.8 Å². The first kappa shape index (κ1) is 14.6. The Labute approximate surface area is 125 Å². The predicted molar refractivity (Wildman–Crippen MR) is 76.0 cm³/mol. The summed E-state index contributed by atoms with van der Waals surface area (Å²) in [6.07, 6.45) is 4.90. The Morgan fingerprint density at radius 1 is 1.29 bits per heavy atom. The topological polar surface area (TPSA) is 70.1 Å². The summed E-state index contributed by atoms with van der Waals surface area (Å²) in [6.45, 7) is 1.93. The molecule has 21 heavy (non-hydrogen) atoms. The molecule has 3 fully saturated rings. The van der Waals surface area contributed by atoms with Gasteiger partial charge in [0.15, 0.2) is 0 Å². The van der Waals surface area contributed by atoms with Crippen LogP contribution in [-0.4, -0.2) is 65.8 Å². The van der Waals surface area contributed by atoms with Crippen molar-refractivity contribution in [1.29, 1.82) is 0 Å². The lowest BCUT2D eigenvalue weighted by Crippen LogP contribution is -2.46. The standard InChI is InChI=1S/C15H24N2O4/c1-16(6-7-21-9-10-2-3-10)15(20)17-11-4-5-13(17)12(8-11)14(18)19/h10-13H,2-9H2,1H3,(H,18,19). The SMILES string of the molecule is CN(CCOCC1CC1)C(=O)N1C2CCC1C(C(=O)O)C2. The Hall–Kier alpha value is -1.30. The zero-order valence-corrected chi connectivity index (χ0v) is 12.5. The maximum Gasteiger partial charge on any atom is 0.320 e. The number of carboxylic acids is 1. The molecule has 0 spiro atoms. The monoisotopic (exact) mass is 296 g/mol. The summed E-state index contributed by atoms with van der Waals surface area (Å²) in [5.74, 6) is -0.417. The third kappa shape index (κ3) is 3.00. The lowest BCUT2D eigenvalue weighted by Gasteiger charge is -2.28. The number of likely N-dealkylation sites (N-methyl/N-ethyl adjacent to an activating group) is 1. The average Bonchev–Trinajstić information content (AvgIpc) is 3.11. The Kier molecular flexibility index (Phi) is 4.06. The van der Waals surface area contributed by atoms with E-state index in [4.69, 9.17) is 4.74 Å². The molecule has 3 rings (SSSR count). The van der Waals surface area contributed by atoms with E-state index in [1.165, 1.54) is 12.8 Å². The number of rotatable bonds is 6. The average molecular weight is 296 g/mol. The molecule has 0 aromatic heterocycles. The van der Waals surface area contributed by atoms with Crippen LogP contribution < -0.4 is 0 Å². The van der Waals surface area contributed by atoms with Crippen LogP contribution in [0.3, 0.4) is 0 Å². The highest BCUT2D eigenvalue weighted by molar-refractivity contribution is 5.79. The van der Waals surface area contributed by atoms with Crippen molar-refractivity contribution in [1.82, 2.24) is 9.80 Å². The van der Waals surface area contributed by atoms with Gasteiger partial charge in [-0.1, -0.05) is 0 Å². The molecule has 0 aromatic rings. The Balaban J connectivity index is 1.48. The Morgan fingerprint density at radius 2 is 2.05 bits per heavy atom. The van der Waals surface area contributed by atoms with E-state index in [-0.39, 0.29) is 24.0 Å². The number of carboxylic acid groups (broad SMARTS) is 1. The van der Waals surface area contributed by atoms with Crippen LogP contribution in [0.25, 0.3) is 0 Å². The first-order valence-corrected chi connectivity index (χ1v) is 7.92. The number of urea groups is 1. The number of carbonyl (C=O) groups is 2. The molecule has 6 nitrogen and oxygen atoms in total. The number of carbonyl (C=O) groups excluding carboxylic acids is 1. The Bertz CT molecular complexity index is 424. The van der Waals surface area contributed by atoms with Crippen molar-refractivity contribution in [3.63, 3.8) is 0 Å². The fourth-order valence-electron chi connectivity index (χ4n) is 3.58. The largest absolute Gasteiger partial charge is 0.481 e. The highest BCUT2D eigenvalue weighted by Gasteiger charge is 2.51. The van der Waals surface area contributed by atoms with Gasteiger partial charge in [-0.3, -0.25) is 4.79 Å². The van der Waals surface area contributed by atoms with E-state index < -0.39 is 5.97 Å². The van der Waals surface area contributed by atoms with E-state index >= 15 is 0 Å². The van der Waals surface area contributed by atoms with Gasteiger partial charge in [-0.2, -0.15) is 0 Å². The zero-order valence-electron chi connectivity index (χ0n) is 12.5. The maximum absolute atomic E-state index is 12.5. The third-order valence-corrected chi connectivity index (χ3v) is 5.02. The summed E-state index contributed by atoms with van der Waals surface area (Å²) < 4.78 is 5.56. The van der Waals surface area contributed by atoms with E-state index in [9.17, 15) is 14.7 Å². The molecule has 2 heterocycles. The predicted octanol–water partition coefficient (Wildman–Crippen LogP) is 1.40. The van der Waals surface area contributed by atoms with Gasteiger partial charge in [-0.05, 0) is 38.0 Å². The van der Waals surface area contributed by atoms with Crippen LogP contribution in [-0.2, 0) is 9.53 Å². The number of ether oxygens (including phenoxy) is 1. The lowest BCUT2D eigenvalue weighted by atomic mass is 9.89. The van der Waals surface area contributed by atoms with Gasteiger partial charge in [-0.15, -0.1) is 0 Å². The van der Waals surface area contributed by atoms with Gasteiger partial charge in [0.25, 0.3) is 0 Å². The van der Waals surface area contributed by atoms with Crippen molar-refractivity contribution in [3.05, 3.63) is 0 Å². The smallest absolute Gasteiger partial charge is 0.320 e. The lowest BCUT2D eigenvalue weighted by molar-refractivity contribution is -0.142. The minimum atomic E-state index is -0.768.